The first kappa shape index (κ1) is 14.6. The van der Waals surface area contributed by atoms with Gasteiger partial charge in [0.2, 0.25) is 10.0 Å². The molecule has 0 aliphatic rings. The molecule has 1 aromatic heterocycles. The average molecular weight is 267 g/mol. The van der Waals surface area contributed by atoms with Gasteiger partial charge in [-0.3, -0.25) is 0 Å². The van der Waals surface area contributed by atoms with Crippen molar-refractivity contribution in [3.8, 4) is 6.07 Å². The first-order chi connectivity index (χ1) is 8.47. The van der Waals surface area contributed by atoms with Gasteiger partial charge >= 0.3 is 0 Å². The third kappa shape index (κ3) is 2.86. The fourth-order valence-corrected chi connectivity index (χ4v) is 3.21. The van der Waals surface area contributed by atoms with Gasteiger partial charge in [-0.05, 0) is 25.0 Å². The Morgan fingerprint density at radius 2 is 2.00 bits per heavy atom. The van der Waals surface area contributed by atoms with E-state index in [0.29, 0.717) is 0 Å². The van der Waals surface area contributed by atoms with Gasteiger partial charge < -0.3 is 0 Å². The van der Waals surface area contributed by atoms with Crippen LogP contribution in [0.1, 0.15) is 32.4 Å². The Labute approximate surface area is 108 Å². The second kappa shape index (κ2) is 5.94. The van der Waals surface area contributed by atoms with Crippen LogP contribution >= 0.6 is 0 Å². The molecule has 0 radical (unpaired) electrons. The standard InChI is InChI=1S/C12H17N3O2S/c1-4-11(5-2)15(3)18(16,17)12-7-6-10(8-13)14-9-12/h6-7,9,11H,4-5H2,1-3H3. The van der Waals surface area contributed by atoms with Gasteiger partial charge in [-0.2, -0.15) is 9.57 Å². The van der Waals surface area contributed by atoms with Crippen LogP contribution in [0.3, 0.4) is 0 Å². The molecule has 0 aromatic carbocycles. The number of sulfonamides is 1. The summed E-state index contributed by atoms with van der Waals surface area (Å²) in [4.78, 5) is 3.91. The third-order valence-electron chi connectivity index (χ3n) is 2.98. The lowest BCUT2D eigenvalue weighted by molar-refractivity contribution is 0.349. The molecule has 0 spiro atoms. The molecule has 0 bridgehead atoms. The number of hydrogen-bond acceptors (Lipinski definition) is 4. The molecular weight excluding hydrogens is 250 g/mol. The van der Waals surface area contributed by atoms with Crippen LogP contribution in [0.15, 0.2) is 23.2 Å². The lowest BCUT2D eigenvalue weighted by atomic mass is 10.2. The van der Waals surface area contributed by atoms with Crippen LogP contribution in [0.4, 0.5) is 0 Å². The Bertz CT molecular complexity index is 527. The Kier molecular flexibility index (Phi) is 4.82. The van der Waals surface area contributed by atoms with Crippen LogP contribution in [0.5, 0.6) is 0 Å². The molecule has 6 heteroatoms. The van der Waals surface area contributed by atoms with Crippen molar-refractivity contribution in [3.63, 3.8) is 0 Å². The lowest BCUT2D eigenvalue weighted by Crippen LogP contribution is -2.36. The zero-order valence-electron chi connectivity index (χ0n) is 10.8. The van der Waals surface area contributed by atoms with E-state index in [2.05, 4.69) is 4.98 Å². The van der Waals surface area contributed by atoms with Crippen LogP contribution in [0.2, 0.25) is 0 Å². The van der Waals surface area contributed by atoms with E-state index < -0.39 is 10.0 Å². The highest BCUT2D eigenvalue weighted by molar-refractivity contribution is 7.89. The summed E-state index contributed by atoms with van der Waals surface area (Å²) < 4.78 is 26.0. The van der Waals surface area contributed by atoms with Crippen molar-refractivity contribution < 1.29 is 8.42 Å². The summed E-state index contributed by atoms with van der Waals surface area (Å²) in [7, 11) is -1.95. The van der Waals surface area contributed by atoms with Gasteiger partial charge in [0.25, 0.3) is 0 Å². The highest BCUT2D eigenvalue weighted by Gasteiger charge is 2.26. The fourth-order valence-electron chi connectivity index (χ4n) is 1.76. The molecule has 0 fully saturated rings. The van der Waals surface area contributed by atoms with Gasteiger partial charge in [0.15, 0.2) is 0 Å². The Balaban J connectivity index is 3.09. The van der Waals surface area contributed by atoms with E-state index in [1.54, 1.807) is 7.05 Å². The molecular formula is C12H17N3O2S. The summed E-state index contributed by atoms with van der Waals surface area (Å²) in [5.74, 6) is 0. The van der Waals surface area contributed by atoms with Crippen molar-refractivity contribution >= 4 is 10.0 Å². The molecule has 0 N–H and O–H groups in total. The Morgan fingerprint density at radius 3 is 2.39 bits per heavy atom. The zero-order chi connectivity index (χ0) is 13.8. The first-order valence-corrected chi connectivity index (χ1v) is 7.25. The van der Waals surface area contributed by atoms with Gasteiger partial charge in [-0.1, -0.05) is 13.8 Å². The maximum Gasteiger partial charge on any atom is 0.244 e. The normalized spacial score (nSPS) is 11.8. The molecule has 0 saturated heterocycles. The second-order valence-corrected chi connectivity index (χ2v) is 5.98. The molecule has 0 unspecified atom stereocenters. The van der Waals surface area contributed by atoms with E-state index in [1.165, 1.54) is 22.6 Å². The van der Waals surface area contributed by atoms with Gasteiger partial charge in [0, 0.05) is 19.3 Å². The maximum absolute atomic E-state index is 12.3. The van der Waals surface area contributed by atoms with Crippen LogP contribution in [-0.2, 0) is 10.0 Å². The minimum atomic E-state index is -3.53. The molecule has 0 amide bonds. The van der Waals surface area contributed by atoms with Crippen molar-refractivity contribution in [2.45, 2.75) is 37.6 Å². The van der Waals surface area contributed by atoms with Crippen LogP contribution in [0.25, 0.3) is 0 Å². The second-order valence-electron chi connectivity index (χ2n) is 3.98. The smallest absolute Gasteiger partial charge is 0.244 e. The first-order valence-electron chi connectivity index (χ1n) is 5.81. The highest BCUT2D eigenvalue weighted by atomic mass is 32.2. The van der Waals surface area contributed by atoms with Crippen molar-refractivity contribution in [2.24, 2.45) is 0 Å². The van der Waals surface area contributed by atoms with Crippen molar-refractivity contribution in [2.75, 3.05) is 7.05 Å². The molecule has 18 heavy (non-hydrogen) atoms. The Hall–Kier alpha value is -1.45. The number of nitriles is 1. The third-order valence-corrected chi connectivity index (χ3v) is 4.88. The summed E-state index contributed by atoms with van der Waals surface area (Å²) in [6, 6.07) is 4.66. The van der Waals surface area contributed by atoms with E-state index in [-0.39, 0.29) is 16.6 Å². The summed E-state index contributed by atoms with van der Waals surface area (Å²) in [5, 5.41) is 8.63. The molecule has 98 valence electrons. The summed E-state index contributed by atoms with van der Waals surface area (Å²) in [5.41, 5.74) is 0.208. The minimum absolute atomic E-state index is 0.0226. The molecule has 1 aromatic rings. The number of nitrogens with zero attached hydrogens (tertiary/aromatic N) is 3. The summed E-state index contributed by atoms with van der Waals surface area (Å²) in [6.45, 7) is 3.91. The topological polar surface area (TPSA) is 74.1 Å². The van der Waals surface area contributed by atoms with E-state index >= 15 is 0 Å². The zero-order valence-corrected chi connectivity index (χ0v) is 11.6. The summed E-state index contributed by atoms with van der Waals surface area (Å²) in [6.07, 6.45) is 2.75. The predicted molar refractivity (Wildman–Crippen MR) is 68.3 cm³/mol. The van der Waals surface area contributed by atoms with Crippen LogP contribution in [-0.4, -0.2) is 30.8 Å². The molecule has 0 saturated carbocycles. The number of pyridine rings is 1. The minimum Gasteiger partial charge on any atom is -0.244 e. The van der Waals surface area contributed by atoms with Crippen molar-refractivity contribution in [1.82, 2.24) is 9.29 Å². The lowest BCUT2D eigenvalue weighted by Gasteiger charge is -2.25. The molecule has 0 aliphatic carbocycles. The van der Waals surface area contributed by atoms with Crippen LogP contribution in [0, 0.1) is 11.3 Å². The molecule has 1 heterocycles. The average Bonchev–Trinajstić information content (AvgIpc) is 2.40. The van der Waals surface area contributed by atoms with Crippen molar-refractivity contribution in [1.29, 1.82) is 5.26 Å². The summed E-state index contributed by atoms with van der Waals surface area (Å²) >= 11 is 0. The Morgan fingerprint density at radius 1 is 1.39 bits per heavy atom. The van der Waals surface area contributed by atoms with E-state index in [9.17, 15) is 8.42 Å². The number of rotatable bonds is 5. The molecule has 1 rings (SSSR count). The predicted octanol–water partition coefficient (Wildman–Crippen LogP) is 1.76. The van der Waals surface area contributed by atoms with Crippen LogP contribution < -0.4 is 0 Å². The number of aromatic nitrogens is 1. The molecule has 5 nitrogen and oxygen atoms in total. The SMILES string of the molecule is CCC(CC)N(C)S(=O)(=O)c1ccc(C#N)nc1. The van der Waals surface area contributed by atoms with E-state index in [0.717, 1.165) is 12.8 Å². The molecule has 0 atom stereocenters. The largest absolute Gasteiger partial charge is 0.244 e. The maximum atomic E-state index is 12.3. The fraction of sp³-hybridized carbons (Fsp3) is 0.500. The highest BCUT2D eigenvalue weighted by Crippen LogP contribution is 2.18. The molecule has 0 aliphatic heterocycles. The van der Waals surface area contributed by atoms with Gasteiger partial charge in [-0.15, -0.1) is 0 Å². The van der Waals surface area contributed by atoms with Crippen molar-refractivity contribution in [3.05, 3.63) is 24.0 Å². The van der Waals surface area contributed by atoms with Gasteiger partial charge in [-0.25, -0.2) is 13.4 Å². The van der Waals surface area contributed by atoms with Gasteiger partial charge in [0.1, 0.15) is 16.7 Å². The van der Waals surface area contributed by atoms with E-state index in [4.69, 9.17) is 5.26 Å². The van der Waals surface area contributed by atoms with E-state index in [1.807, 2.05) is 19.9 Å². The van der Waals surface area contributed by atoms with Gasteiger partial charge in [0.05, 0.1) is 0 Å². The monoisotopic (exact) mass is 267 g/mol. The quantitative estimate of drug-likeness (QED) is 0.814. The number of hydrogen-bond donors (Lipinski definition) is 0.